The van der Waals surface area contributed by atoms with Crippen LogP contribution in [0.15, 0.2) is 54.6 Å². The zero-order chi connectivity index (χ0) is 26.7. The standard InChI is InChI=1S/C31H43N5OS/c1-4-24(3)28-29(37)36(27-13-17-34(18-14-27)22-25-10-6-5-7-11-25)31(33-28)15-19-35(20-16-31)30(38)32-26-12-8-9-23(2)21-26/h5-12,21,24,27-28,33H,4,13-20,22H2,1-3H3,(H,32,38)/t24-,28+/m1/s1. The van der Waals surface area contributed by atoms with Crippen LogP contribution in [0, 0.1) is 12.8 Å². The van der Waals surface area contributed by atoms with Gasteiger partial charge in [-0.1, -0.05) is 62.7 Å². The molecule has 204 valence electrons. The van der Waals surface area contributed by atoms with E-state index in [1.165, 1.54) is 11.1 Å². The van der Waals surface area contributed by atoms with E-state index in [4.69, 9.17) is 12.2 Å². The molecule has 0 aliphatic carbocycles. The van der Waals surface area contributed by atoms with Crippen LogP contribution in [0.2, 0.25) is 0 Å². The lowest BCUT2D eigenvalue weighted by molar-refractivity contribution is -0.138. The molecule has 0 saturated carbocycles. The summed E-state index contributed by atoms with van der Waals surface area (Å²) in [4.78, 5) is 21.0. The molecule has 5 rings (SSSR count). The Bertz CT molecular complexity index is 1110. The van der Waals surface area contributed by atoms with E-state index in [-0.39, 0.29) is 11.7 Å². The molecule has 1 amide bonds. The Morgan fingerprint density at radius 2 is 1.79 bits per heavy atom. The molecule has 3 heterocycles. The maximum absolute atomic E-state index is 13.9. The summed E-state index contributed by atoms with van der Waals surface area (Å²) in [5, 5.41) is 8.09. The first-order valence-electron chi connectivity index (χ1n) is 14.4. The molecule has 2 atom stereocenters. The maximum Gasteiger partial charge on any atom is 0.241 e. The molecule has 3 fully saturated rings. The van der Waals surface area contributed by atoms with Gasteiger partial charge in [-0.3, -0.25) is 15.0 Å². The second kappa shape index (κ2) is 11.7. The first kappa shape index (κ1) is 27.1. The van der Waals surface area contributed by atoms with Gasteiger partial charge in [-0.2, -0.15) is 0 Å². The molecule has 2 N–H and O–H groups in total. The molecular formula is C31H43N5OS. The third-order valence-corrected chi connectivity index (χ3v) is 9.28. The van der Waals surface area contributed by atoms with Crippen LogP contribution < -0.4 is 10.6 Å². The Kier molecular flexibility index (Phi) is 8.36. The topological polar surface area (TPSA) is 50.9 Å². The molecule has 3 aliphatic heterocycles. The Morgan fingerprint density at radius 3 is 2.45 bits per heavy atom. The highest BCUT2D eigenvalue weighted by Gasteiger charge is 2.55. The van der Waals surface area contributed by atoms with Crippen LogP contribution in [-0.4, -0.2) is 69.6 Å². The SMILES string of the molecule is CC[C@@H](C)[C@@H]1NC2(CCN(C(=S)Nc3cccc(C)c3)CC2)N(C2CCN(Cc3ccccc3)CC2)C1=O. The van der Waals surface area contributed by atoms with E-state index in [9.17, 15) is 4.79 Å². The molecule has 3 saturated heterocycles. The van der Waals surface area contributed by atoms with Crippen molar-refractivity contribution < 1.29 is 4.79 Å². The van der Waals surface area contributed by atoms with Gasteiger partial charge < -0.3 is 15.1 Å². The molecule has 38 heavy (non-hydrogen) atoms. The summed E-state index contributed by atoms with van der Waals surface area (Å²) in [5.41, 5.74) is 3.34. The number of benzene rings is 2. The average Bonchev–Trinajstić information content (AvgIpc) is 3.21. The van der Waals surface area contributed by atoms with E-state index in [0.29, 0.717) is 17.9 Å². The first-order chi connectivity index (χ1) is 18.4. The Labute approximate surface area is 233 Å². The van der Waals surface area contributed by atoms with Crippen LogP contribution in [0.25, 0.3) is 0 Å². The van der Waals surface area contributed by atoms with Crippen LogP contribution in [0.1, 0.15) is 57.1 Å². The van der Waals surface area contributed by atoms with E-state index >= 15 is 0 Å². The van der Waals surface area contributed by atoms with Gasteiger partial charge in [0, 0.05) is 57.3 Å². The summed E-state index contributed by atoms with van der Waals surface area (Å²) in [6.07, 6.45) is 4.86. The van der Waals surface area contributed by atoms with Crippen LogP contribution >= 0.6 is 12.2 Å². The fourth-order valence-corrected chi connectivity index (χ4v) is 6.80. The van der Waals surface area contributed by atoms with E-state index in [0.717, 1.165) is 75.6 Å². The fraction of sp³-hybridized carbons (Fsp3) is 0.548. The minimum atomic E-state index is -0.271. The van der Waals surface area contributed by atoms with Gasteiger partial charge >= 0.3 is 0 Å². The van der Waals surface area contributed by atoms with Gasteiger partial charge in [-0.05, 0) is 61.2 Å². The fourth-order valence-electron chi connectivity index (χ4n) is 6.50. The van der Waals surface area contributed by atoms with Crippen molar-refractivity contribution in [2.75, 3.05) is 31.5 Å². The Hall–Kier alpha value is -2.48. The summed E-state index contributed by atoms with van der Waals surface area (Å²) in [7, 11) is 0. The highest BCUT2D eigenvalue weighted by molar-refractivity contribution is 7.80. The molecular weight excluding hydrogens is 490 g/mol. The summed E-state index contributed by atoms with van der Waals surface area (Å²) in [6, 6.07) is 19.2. The lowest BCUT2D eigenvalue weighted by Gasteiger charge is -2.49. The van der Waals surface area contributed by atoms with E-state index in [2.05, 4.69) is 101 Å². The third-order valence-electron chi connectivity index (χ3n) is 8.92. The Balaban J connectivity index is 1.25. The minimum Gasteiger partial charge on any atom is -0.349 e. The molecule has 1 spiro atoms. The molecule has 6 nitrogen and oxygen atoms in total. The number of carbonyl (C=O) groups excluding carboxylic acids is 1. The van der Waals surface area contributed by atoms with Crippen LogP contribution in [0.5, 0.6) is 0 Å². The van der Waals surface area contributed by atoms with Gasteiger partial charge in [0.1, 0.15) is 0 Å². The zero-order valence-corrected chi connectivity index (χ0v) is 24.0. The minimum absolute atomic E-state index is 0.0914. The maximum atomic E-state index is 13.9. The molecule has 0 radical (unpaired) electrons. The summed E-state index contributed by atoms with van der Waals surface area (Å²) < 4.78 is 0. The predicted octanol–water partition coefficient (Wildman–Crippen LogP) is 5.00. The average molecular weight is 534 g/mol. The zero-order valence-electron chi connectivity index (χ0n) is 23.2. The number of rotatable bonds is 6. The lowest BCUT2D eigenvalue weighted by atomic mass is 9.92. The van der Waals surface area contributed by atoms with Gasteiger partial charge in [-0.25, -0.2) is 0 Å². The quantitative estimate of drug-likeness (QED) is 0.510. The number of thiocarbonyl (C=S) groups is 1. The van der Waals surface area contributed by atoms with Crippen LogP contribution in [0.4, 0.5) is 5.69 Å². The summed E-state index contributed by atoms with van der Waals surface area (Å²) >= 11 is 5.80. The molecule has 3 aliphatic rings. The normalized spacial score (nSPS) is 23.1. The molecule has 2 aromatic carbocycles. The number of carbonyl (C=O) groups is 1. The van der Waals surface area contributed by atoms with Gasteiger partial charge in [0.05, 0.1) is 11.7 Å². The van der Waals surface area contributed by atoms with E-state index < -0.39 is 0 Å². The first-order valence-corrected chi connectivity index (χ1v) is 14.8. The molecule has 0 bridgehead atoms. The number of aryl methyl sites for hydroxylation is 1. The second-order valence-electron chi connectivity index (χ2n) is 11.5. The third kappa shape index (κ3) is 5.75. The lowest BCUT2D eigenvalue weighted by Crippen LogP contribution is -2.63. The smallest absolute Gasteiger partial charge is 0.241 e. The van der Waals surface area contributed by atoms with Crippen LogP contribution in [0.3, 0.4) is 0 Å². The van der Waals surface area contributed by atoms with E-state index in [1.54, 1.807) is 0 Å². The number of likely N-dealkylation sites (tertiary alicyclic amines) is 2. The number of amides is 1. The predicted molar refractivity (Wildman–Crippen MR) is 159 cm³/mol. The monoisotopic (exact) mass is 533 g/mol. The highest BCUT2D eigenvalue weighted by Crippen LogP contribution is 2.39. The largest absolute Gasteiger partial charge is 0.349 e. The van der Waals surface area contributed by atoms with Gasteiger partial charge in [-0.15, -0.1) is 0 Å². The highest BCUT2D eigenvalue weighted by atomic mass is 32.1. The Morgan fingerprint density at radius 1 is 1.08 bits per heavy atom. The summed E-state index contributed by atoms with van der Waals surface area (Å²) in [6.45, 7) is 11.2. The number of nitrogens with zero attached hydrogens (tertiary/aromatic N) is 3. The van der Waals surface area contributed by atoms with Crippen molar-refractivity contribution in [2.45, 2.75) is 77.2 Å². The molecule has 0 unspecified atom stereocenters. The molecule has 0 aromatic heterocycles. The summed E-state index contributed by atoms with van der Waals surface area (Å²) in [5.74, 6) is 0.638. The van der Waals surface area contributed by atoms with Crippen molar-refractivity contribution in [3.63, 3.8) is 0 Å². The number of piperidine rings is 2. The van der Waals surface area contributed by atoms with Crippen molar-refractivity contribution in [3.05, 3.63) is 65.7 Å². The number of anilines is 1. The van der Waals surface area contributed by atoms with Crippen molar-refractivity contribution in [3.8, 4) is 0 Å². The van der Waals surface area contributed by atoms with Gasteiger partial charge in [0.2, 0.25) is 5.91 Å². The van der Waals surface area contributed by atoms with E-state index in [1.807, 2.05) is 0 Å². The molecule has 7 heteroatoms. The molecule has 2 aromatic rings. The van der Waals surface area contributed by atoms with Gasteiger partial charge in [0.25, 0.3) is 0 Å². The number of hydrogen-bond acceptors (Lipinski definition) is 4. The number of hydrogen-bond donors (Lipinski definition) is 2. The van der Waals surface area contributed by atoms with Crippen LogP contribution in [-0.2, 0) is 11.3 Å². The van der Waals surface area contributed by atoms with Crippen molar-refractivity contribution in [1.29, 1.82) is 0 Å². The van der Waals surface area contributed by atoms with Crippen molar-refractivity contribution >= 4 is 28.9 Å². The van der Waals surface area contributed by atoms with Gasteiger partial charge in [0.15, 0.2) is 5.11 Å². The second-order valence-corrected chi connectivity index (χ2v) is 11.9. The van der Waals surface area contributed by atoms with Crippen molar-refractivity contribution in [2.24, 2.45) is 5.92 Å². The number of nitrogens with one attached hydrogen (secondary N) is 2. The van der Waals surface area contributed by atoms with Crippen molar-refractivity contribution in [1.82, 2.24) is 20.0 Å².